The number of carbonyl (C=O) groups excluding carboxylic acids is 1. The van der Waals surface area contributed by atoms with Crippen LogP contribution in [0.5, 0.6) is 0 Å². The second-order valence-corrected chi connectivity index (χ2v) is 5.88. The first-order valence-electron chi connectivity index (χ1n) is 6.69. The Kier molecular flexibility index (Phi) is 7.25. The van der Waals surface area contributed by atoms with Gasteiger partial charge in [-0.1, -0.05) is 6.07 Å². The van der Waals surface area contributed by atoms with Crippen molar-refractivity contribution in [1.82, 2.24) is 10.2 Å². The van der Waals surface area contributed by atoms with Crippen LogP contribution >= 0.6 is 11.3 Å². The van der Waals surface area contributed by atoms with E-state index >= 15 is 0 Å². The highest BCUT2D eigenvalue weighted by atomic mass is 32.1. The molecule has 0 bridgehead atoms. The monoisotopic (exact) mass is 298 g/mol. The van der Waals surface area contributed by atoms with Gasteiger partial charge in [-0.3, -0.25) is 9.59 Å². The Morgan fingerprint density at radius 2 is 2.05 bits per heavy atom. The van der Waals surface area contributed by atoms with Crippen molar-refractivity contribution in [2.75, 3.05) is 20.6 Å². The van der Waals surface area contributed by atoms with E-state index in [0.29, 0.717) is 25.8 Å². The first kappa shape index (κ1) is 16.7. The van der Waals surface area contributed by atoms with Crippen molar-refractivity contribution in [1.29, 1.82) is 0 Å². The fourth-order valence-corrected chi connectivity index (χ4v) is 2.80. The highest BCUT2D eigenvalue weighted by molar-refractivity contribution is 7.10. The fraction of sp³-hybridized carbons (Fsp3) is 0.571. The number of carboxylic acid groups (broad SMARTS) is 1. The van der Waals surface area contributed by atoms with Gasteiger partial charge >= 0.3 is 5.97 Å². The number of amides is 1. The van der Waals surface area contributed by atoms with E-state index in [-0.39, 0.29) is 18.4 Å². The SMILES string of the molecule is CN(C)C(CNC(=O)CCCCC(=O)O)c1cccs1. The molecule has 1 heterocycles. The lowest BCUT2D eigenvalue weighted by Gasteiger charge is -2.23. The lowest BCUT2D eigenvalue weighted by Crippen LogP contribution is -2.34. The van der Waals surface area contributed by atoms with Crippen molar-refractivity contribution in [3.8, 4) is 0 Å². The summed E-state index contributed by atoms with van der Waals surface area (Å²) in [6, 6.07) is 4.25. The third kappa shape index (κ3) is 6.16. The number of likely N-dealkylation sites (N-methyl/N-ethyl adjacent to an activating group) is 1. The van der Waals surface area contributed by atoms with E-state index in [0.717, 1.165) is 0 Å². The third-order valence-corrected chi connectivity index (χ3v) is 4.01. The van der Waals surface area contributed by atoms with E-state index in [9.17, 15) is 9.59 Å². The van der Waals surface area contributed by atoms with E-state index in [4.69, 9.17) is 5.11 Å². The van der Waals surface area contributed by atoms with Crippen LogP contribution in [0.15, 0.2) is 17.5 Å². The largest absolute Gasteiger partial charge is 0.481 e. The van der Waals surface area contributed by atoms with Gasteiger partial charge in [-0.05, 0) is 38.4 Å². The number of hydrogen-bond donors (Lipinski definition) is 2. The molecule has 0 saturated carbocycles. The van der Waals surface area contributed by atoms with E-state index in [1.807, 2.05) is 25.5 Å². The summed E-state index contributed by atoms with van der Waals surface area (Å²) in [6.45, 7) is 0.575. The van der Waals surface area contributed by atoms with Gasteiger partial charge in [0.1, 0.15) is 0 Å². The van der Waals surface area contributed by atoms with Crippen LogP contribution in [0.3, 0.4) is 0 Å². The van der Waals surface area contributed by atoms with Crippen LogP contribution < -0.4 is 5.32 Å². The normalized spacial score (nSPS) is 12.3. The number of carboxylic acids is 1. The van der Waals surface area contributed by atoms with Gasteiger partial charge < -0.3 is 15.3 Å². The minimum Gasteiger partial charge on any atom is -0.481 e. The average Bonchev–Trinajstić information content (AvgIpc) is 2.88. The Labute approximate surface area is 123 Å². The van der Waals surface area contributed by atoms with E-state index < -0.39 is 5.97 Å². The molecular formula is C14H22N2O3S. The fourth-order valence-electron chi connectivity index (χ4n) is 1.88. The van der Waals surface area contributed by atoms with E-state index in [1.165, 1.54) is 4.88 Å². The molecule has 1 aromatic heterocycles. The van der Waals surface area contributed by atoms with Gasteiger partial charge in [0.25, 0.3) is 0 Å². The first-order chi connectivity index (χ1) is 9.50. The molecule has 0 fully saturated rings. The number of hydrogen-bond acceptors (Lipinski definition) is 4. The molecule has 20 heavy (non-hydrogen) atoms. The summed E-state index contributed by atoms with van der Waals surface area (Å²) in [7, 11) is 3.98. The van der Waals surface area contributed by atoms with Gasteiger partial charge in [-0.25, -0.2) is 0 Å². The van der Waals surface area contributed by atoms with Crippen molar-refractivity contribution in [2.24, 2.45) is 0 Å². The van der Waals surface area contributed by atoms with E-state index in [2.05, 4.69) is 16.3 Å². The number of thiophene rings is 1. The molecule has 0 aliphatic rings. The third-order valence-electron chi connectivity index (χ3n) is 3.03. The standard InChI is InChI=1S/C14H22N2O3S/c1-16(2)11(12-6-5-9-20-12)10-15-13(17)7-3-4-8-14(18)19/h5-6,9,11H,3-4,7-8,10H2,1-2H3,(H,15,17)(H,18,19). The molecule has 0 saturated heterocycles. The molecule has 2 N–H and O–H groups in total. The molecule has 5 nitrogen and oxygen atoms in total. The van der Waals surface area contributed by atoms with Gasteiger partial charge in [0.15, 0.2) is 0 Å². The summed E-state index contributed by atoms with van der Waals surface area (Å²) >= 11 is 1.68. The van der Waals surface area contributed by atoms with Gasteiger partial charge in [0.2, 0.25) is 5.91 Å². The smallest absolute Gasteiger partial charge is 0.303 e. The van der Waals surface area contributed by atoms with Crippen molar-refractivity contribution in [2.45, 2.75) is 31.7 Å². The number of nitrogens with zero attached hydrogens (tertiary/aromatic N) is 1. The van der Waals surface area contributed by atoms with Crippen LogP contribution in [0.2, 0.25) is 0 Å². The summed E-state index contributed by atoms with van der Waals surface area (Å²) in [4.78, 5) is 25.4. The molecule has 112 valence electrons. The van der Waals surface area contributed by atoms with Gasteiger partial charge in [-0.2, -0.15) is 0 Å². The lowest BCUT2D eigenvalue weighted by atomic mass is 10.1. The zero-order chi connectivity index (χ0) is 15.0. The quantitative estimate of drug-likeness (QED) is 0.685. The van der Waals surface area contributed by atoms with Crippen LogP contribution in [0.1, 0.15) is 36.6 Å². The summed E-state index contributed by atoms with van der Waals surface area (Å²) in [5, 5.41) is 13.5. The maximum absolute atomic E-state index is 11.7. The Morgan fingerprint density at radius 3 is 2.60 bits per heavy atom. The zero-order valence-electron chi connectivity index (χ0n) is 12.0. The molecule has 0 aliphatic heterocycles. The van der Waals surface area contributed by atoms with E-state index in [1.54, 1.807) is 11.3 Å². The highest BCUT2D eigenvalue weighted by Crippen LogP contribution is 2.22. The second-order valence-electron chi connectivity index (χ2n) is 4.90. The van der Waals surface area contributed by atoms with Crippen LogP contribution in [0.25, 0.3) is 0 Å². The van der Waals surface area contributed by atoms with Gasteiger partial charge in [0, 0.05) is 24.3 Å². The molecule has 1 atom stereocenters. The Bertz CT molecular complexity index is 418. The number of aliphatic carboxylic acids is 1. The van der Waals surface area contributed by atoms with Crippen molar-refractivity contribution < 1.29 is 14.7 Å². The highest BCUT2D eigenvalue weighted by Gasteiger charge is 2.15. The predicted octanol–water partition coefficient (Wildman–Crippen LogP) is 2.11. The number of nitrogens with one attached hydrogen (secondary N) is 1. The van der Waals surface area contributed by atoms with Gasteiger partial charge in [0.05, 0.1) is 6.04 Å². The maximum atomic E-state index is 11.7. The number of rotatable bonds is 9. The lowest BCUT2D eigenvalue weighted by molar-refractivity contribution is -0.137. The Morgan fingerprint density at radius 1 is 1.35 bits per heavy atom. The molecule has 0 radical (unpaired) electrons. The summed E-state index contributed by atoms with van der Waals surface area (Å²) < 4.78 is 0. The first-order valence-corrected chi connectivity index (χ1v) is 7.57. The maximum Gasteiger partial charge on any atom is 0.303 e. The molecule has 1 rings (SSSR count). The van der Waals surface area contributed by atoms with Crippen LogP contribution in [0.4, 0.5) is 0 Å². The molecule has 0 spiro atoms. The minimum absolute atomic E-state index is 0.0150. The Hall–Kier alpha value is -1.40. The molecule has 6 heteroatoms. The molecule has 1 unspecified atom stereocenters. The second kappa shape index (κ2) is 8.71. The van der Waals surface area contributed by atoms with Crippen LogP contribution in [-0.4, -0.2) is 42.5 Å². The van der Waals surface area contributed by atoms with Crippen LogP contribution in [0, 0.1) is 0 Å². The van der Waals surface area contributed by atoms with Crippen molar-refractivity contribution in [3.05, 3.63) is 22.4 Å². The average molecular weight is 298 g/mol. The molecule has 1 aromatic rings. The number of carbonyl (C=O) groups is 2. The Balaban J connectivity index is 2.29. The van der Waals surface area contributed by atoms with Crippen molar-refractivity contribution >= 4 is 23.2 Å². The minimum atomic E-state index is -0.809. The van der Waals surface area contributed by atoms with Crippen molar-refractivity contribution in [3.63, 3.8) is 0 Å². The summed E-state index contributed by atoms with van der Waals surface area (Å²) in [6.07, 6.45) is 1.68. The molecular weight excluding hydrogens is 276 g/mol. The summed E-state index contributed by atoms with van der Waals surface area (Å²) in [5.74, 6) is -0.824. The zero-order valence-corrected chi connectivity index (χ0v) is 12.8. The predicted molar refractivity (Wildman–Crippen MR) is 79.9 cm³/mol. The number of unbranched alkanes of at least 4 members (excludes halogenated alkanes) is 1. The van der Waals surface area contributed by atoms with Crippen LogP contribution in [-0.2, 0) is 9.59 Å². The molecule has 0 aromatic carbocycles. The van der Waals surface area contributed by atoms with Gasteiger partial charge in [-0.15, -0.1) is 11.3 Å². The molecule has 0 aliphatic carbocycles. The topological polar surface area (TPSA) is 69.6 Å². The molecule has 1 amide bonds. The summed E-state index contributed by atoms with van der Waals surface area (Å²) in [5.41, 5.74) is 0.